The van der Waals surface area contributed by atoms with Gasteiger partial charge in [-0.05, 0) is 60.7 Å². The maximum Gasteiger partial charge on any atom is 0.119 e. The highest BCUT2D eigenvalue weighted by atomic mass is 16.5. The predicted molar refractivity (Wildman–Crippen MR) is 101 cm³/mol. The first-order valence-electron chi connectivity index (χ1n) is 9.40. The summed E-state index contributed by atoms with van der Waals surface area (Å²) in [6.07, 6.45) is 5.24. The first-order chi connectivity index (χ1) is 12.3. The molecule has 1 atom stereocenters. The van der Waals surface area contributed by atoms with Gasteiger partial charge in [0.15, 0.2) is 0 Å². The van der Waals surface area contributed by atoms with Crippen LogP contribution in [0.4, 0.5) is 0 Å². The lowest BCUT2D eigenvalue weighted by Crippen LogP contribution is -2.44. The highest BCUT2D eigenvalue weighted by Crippen LogP contribution is 2.47. The Labute approximate surface area is 150 Å². The summed E-state index contributed by atoms with van der Waals surface area (Å²) in [4.78, 5) is 0. The van der Waals surface area contributed by atoms with E-state index in [2.05, 4.69) is 47.8 Å². The Morgan fingerprint density at radius 3 is 2.44 bits per heavy atom. The van der Waals surface area contributed by atoms with Crippen LogP contribution in [0.25, 0.3) is 0 Å². The first-order valence-corrected chi connectivity index (χ1v) is 9.40. The van der Waals surface area contributed by atoms with Crippen LogP contribution in [-0.2, 0) is 5.41 Å². The van der Waals surface area contributed by atoms with E-state index in [0.717, 1.165) is 18.0 Å². The number of fused-ring (bicyclic) bond motifs is 2. The van der Waals surface area contributed by atoms with Gasteiger partial charge in [0.1, 0.15) is 11.5 Å². The molecule has 1 spiro atoms. The Hall–Kier alpha value is -2.00. The van der Waals surface area contributed by atoms with Crippen molar-refractivity contribution < 1.29 is 9.47 Å². The summed E-state index contributed by atoms with van der Waals surface area (Å²) in [6, 6.07) is 15.4. The summed E-state index contributed by atoms with van der Waals surface area (Å²) in [6.45, 7) is 3.77. The van der Waals surface area contributed by atoms with Crippen LogP contribution in [0.5, 0.6) is 11.5 Å². The number of ether oxygens (including phenoxy) is 2. The maximum atomic E-state index is 5.59. The quantitative estimate of drug-likeness (QED) is 0.884. The summed E-state index contributed by atoms with van der Waals surface area (Å²) in [5.74, 6) is 1.87. The third kappa shape index (κ3) is 2.91. The second-order valence-corrected chi connectivity index (χ2v) is 7.26. The number of hydrogen-bond donors (Lipinski definition) is 1. The molecule has 0 radical (unpaired) electrons. The molecule has 3 nitrogen and oxygen atoms in total. The van der Waals surface area contributed by atoms with Crippen molar-refractivity contribution in [3.63, 3.8) is 0 Å². The molecule has 1 unspecified atom stereocenters. The van der Waals surface area contributed by atoms with Crippen molar-refractivity contribution in [1.82, 2.24) is 5.32 Å². The van der Waals surface area contributed by atoms with Gasteiger partial charge >= 0.3 is 0 Å². The zero-order valence-corrected chi connectivity index (χ0v) is 15.2. The van der Waals surface area contributed by atoms with Crippen molar-refractivity contribution in [3.05, 3.63) is 59.2 Å². The average Bonchev–Trinajstić information content (AvgIpc) is 3.12. The molecule has 0 saturated heterocycles. The fourth-order valence-corrected chi connectivity index (χ4v) is 4.61. The van der Waals surface area contributed by atoms with Gasteiger partial charge in [-0.2, -0.15) is 0 Å². The highest BCUT2D eigenvalue weighted by molar-refractivity contribution is 5.49. The summed E-state index contributed by atoms with van der Waals surface area (Å²) >= 11 is 0. The Kier molecular flexibility index (Phi) is 4.43. The Balaban J connectivity index is 1.74. The van der Waals surface area contributed by atoms with E-state index in [0.29, 0.717) is 12.0 Å². The fourth-order valence-electron chi connectivity index (χ4n) is 4.61. The van der Waals surface area contributed by atoms with Crippen LogP contribution in [0, 0.1) is 0 Å². The number of methoxy groups -OCH3 is 1. The summed E-state index contributed by atoms with van der Waals surface area (Å²) < 4.78 is 11.1. The number of nitrogens with one attached hydrogen (secondary N) is 1. The minimum absolute atomic E-state index is 0.215. The molecule has 2 aromatic carbocycles. The van der Waals surface area contributed by atoms with E-state index in [4.69, 9.17) is 9.47 Å². The number of rotatable bonds is 4. The van der Waals surface area contributed by atoms with E-state index in [1.807, 2.05) is 6.92 Å². The molecule has 1 N–H and O–H groups in total. The van der Waals surface area contributed by atoms with Crippen LogP contribution in [0.3, 0.4) is 0 Å². The molecule has 1 fully saturated rings. The lowest BCUT2D eigenvalue weighted by atomic mass is 9.71. The molecule has 1 saturated carbocycles. The molecule has 1 aliphatic carbocycles. The SMILES string of the molecule is CCOc1ccc(C2NCC3(CCCC3)c3ccc(OC)cc32)cc1. The van der Waals surface area contributed by atoms with Gasteiger partial charge in [-0.1, -0.05) is 31.0 Å². The van der Waals surface area contributed by atoms with Gasteiger partial charge in [0, 0.05) is 12.0 Å². The summed E-state index contributed by atoms with van der Waals surface area (Å²) in [7, 11) is 1.75. The number of benzene rings is 2. The van der Waals surface area contributed by atoms with Crippen LogP contribution in [0.2, 0.25) is 0 Å². The molecular weight excluding hydrogens is 310 g/mol. The van der Waals surface area contributed by atoms with Gasteiger partial charge in [-0.15, -0.1) is 0 Å². The minimum atomic E-state index is 0.215. The lowest BCUT2D eigenvalue weighted by Gasteiger charge is -2.41. The normalized spacial score (nSPS) is 21.1. The van der Waals surface area contributed by atoms with E-state index in [-0.39, 0.29) is 6.04 Å². The van der Waals surface area contributed by atoms with Crippen LogP contribution in [-0.4, -0.2) is 20.3 Å². The Bertz CT molecular complexity index is 732. The second kappa shape index (κ2) is 6.72. The van der Waals surface area contributed by atoms with Crippen molar-refractivity contribution >= 4 is 0 Å². The Morgan fingerprint density at radius 2 is 1.76 bits per heavy atom. The monoisotopic (exact) mass is 337 g/mol. The van der Waals surface area contributed by atoms with Crippen LogP contribution in [0.15, 0.2) is 42.5 Å². The minimum Gasteiger partial charge on any atom is -0.497 e. The molecular formula is C22H27NO2. The van der Waals surface area contributed by atoms with E-state index < -0.39 is 0 Å². The van der Waals surface area contributed by atoms with Gasteiger partial charge in [0.25, 0.3) is 0 Å². The summed E-state index contributed by atoms with van der Waals surface area (Å²) in [5.41, 5.74) is 4.48. The molecule has 132 valence electrons. The van der Waals surface area contributed by atoms with Gasteiger partial charge in [-0.3, -0.25) is 0 Å². The number of hydrogen-bond acceptors (Lipinski definition) is 3. The molecule has 0 amide bonds. The van der Waals surface area contributed by atoms with Crippen molar-refractivity contribution in [3.8, 4) is 11.5 Å². The zero-order valence-electron chi connectivity index (χ0n) is 15.2. The standard InChI is InChI=1S/C22H27NO2/c1-3-25-17-8-6-16(7-9-17)21-19-14-18(24-2)10-11-20(19)22(15-23-21)12-4-5-13-22/h6-11,14,21,23H,3-5,12-13,15H2,1-2H3. The molecule has 1 aliphatic heterocycles. The molecule has 0 aromatic heterocycles. The molecule has 2 aromatic rings. The van der Waals surface area contributed by atoms with Gasteiger partial charge in [0.05, 0.1) is 19.8 Å². The van der Waals surface area contributed by atoms with Gasteiger partial charge < -0.3 is 14.8 Å². The van der Waals surface area contributed by atoms with E-state index in [1.165, 1.54) is 42.4 Å². The van der Waals surface area contributed by atoms with E-state index >= 15 is 0 Å². The zero-order chi connectivity index (χ0) is 17.3. The lowest BCUT2D eigenvalue weighted by molar-refractivity contribution is 0.339. The third-order valence-electron chi connectivity index (χ3n) is 5.87. The highest BCUT2D eigenvalue weighted by Gasteiger charge is 2.42. The topological polar surface area (TPSA) is 30.5 Å². The predicted octanol–water partition coefficient (Wildman–Crippen LogP) is 4.60. The molecule has 1 heterocycles. The molecule has 0 bridgehead atoms. The van der Waals surface area contributed by atoms with Crippen molar-refractivity contribution in [1.29, 1.82) is 0 Å². The largest absolute Gasteiger partial charge is 0.497 e. The summed E-state index contributed by atoms with van der Waals surface area (Å²) in [5, 5.41) is 3.83. The van der Waals surface area contributed by atoms with Crippen molar-refractivity contribution in [2.24, 2.45) is 0 Å². The first kappa shape index (κ1) is 16.5. The second-order valence-electron chi connectivity index (χ2n) is 7.26. The van der Waals surface area contributed by atoms with Gasteiger partial charge in [0.2, 0.25) is 0 Å². The Morgan fingerprint density at radius 1 is 1.04 bits per heavy atom. The smallest absolute Gasteiger partial charge is 0.119 e. The molecule has 3 heteroatoms. The molecule has 25 heavy (non-hydrogen) atoms. The van der Waals surface area contributed by atoms with Crippen LogP contribution < -0.4 is 14.8 Å². The van der Waals surface area contributed by atoms with Crippen molar-refractivity contribution in [2.75, 3.05) is 20.3 Å². The van der Waals surface area contributed by atoms with Crippen LogP contribution >= 0.6 is 0 Å². The fraction of sp³-hybridized carbons (Fsp3) is 0.455. The van der Waals surface area contributed by atoms with E-state index in [1.54, 1.807) is 7.11 Å². The maximum absolute atomic E-state index is 5.59. The van der Waals surface area contributed by atoms with E-state index in [9.17, 15) is 0 Å². The van der Waals surface area contributed by atoms with Crippen molar-refractivity contribution in [2.45, 2.75) is 44.1 Å². The average molecular weight is 337 g/mol. The molecule has 2 aliphatic rings. The third-order valence-corrected chi connectivity index (χ3v) is 5.87. The van der Waals surface area contributed by atoms with Crippen LogP contribution in [0.1, 0.15) is 55.3 Å². The van der Waals surface area contributed by atoms with Gasteiger partial charge in [-0.25, -0.2) is 0 Å². The molecule has 4 rings (SSSR count).